The Balaban J connectivity index is 0.00000161. The lowest BCUT2D eigenvalue weighted by molar-refractivity contribution is 0.0955. The van der Waals surface area contributed by atoms with E-state index in [0.29, 0.717) is 41.4 Å². The van der Waals surface area contributed by atoms with Gasteiger partial charge in [0.25, 0.3) is 11.6 Å². The Morgan fingerprint density at radius 3 is 2.95 bits per heavy atom. The van der Waals surface area contributed by atoms with Crippen molar-refractivity contribution in [2.75, 3.05) is 13.1 Å². The zero-order valence-corrected chi connectivity index (χ0v) is 12.7. The molecule has 0 radical (unpaired) electrons. The molecule has 6 nitrogen and oxygen atoms in total. The first-order valence-corrected chi connectivity index (χ1v) is 6.96. The van der Waals surface area contributed by atoms with Crippen LogP contribution in [0.5, 0.6) is 0 Å². The van der Waals surface area contributed by atoms with E-state index in [4.69, 9.17) is 10.3 Å². The number of nitrogens with one attached hydrogen (secondary N) is 1. The standard InChI is InChI=1S/C14H18N4O2.ClH/c1-8-12-10(13(19)16-6-2-5-15)7-11(9-3-4-9)17-14(12)20-18-8;/h7,9H,2-6,15H2,1H3,(H,16,19);1H. The van der Waals surface area contributed by atoms with E-state index in [1.165, 1.54) is 0 Å². The SMILES string of the molecule is Cc1noc2nc(C3CC3)cc(C(=O)NCCCN)c12.Cl. The van der Waals surface area contributed by atoms with Crippen LogP contribution in [0.25, 0.3) is 11.1 Å². The van der Waals surface area contributed by atoms with Gasteiger partial charge in [0.1, 0.15) is 0 Å². The number of aromatic nitrogens is 2. The van der Waals surface area contributed by atoms with Crippen LogP contribution < -0.4 is 11.1 Å². The molecule has 2 aromatic rings. The number of rotatable bonds is 5. The highest BCUT2D eigenvalue weighted by Crippen LogP contribution is 2.40. The average Bonchev–Trinajstić information content (AvgIpc) is 3.23. The lowest BCUT2D eigenvalue weighted by Gasteiger charge is -2.07. The Hall–Kier alpha value is -1.66. The second-order valence-corrected chi connectivity index (χ2v) is 5.22. The van der Waals surface area contributed by atoms with Crippen LogP contribution in [-0.4, -0.2) is 29.1 Å². The fraction of sp³-hybridized carbons (Fsp3) is 0.500. The summed E-state index contributed by atoms with van der Waals surface area (Å²) < 4.78 is 5.22. The van der Waals surface area contributed by atoms with Crippen LogP contribution >= 0.6 is 12.4 Å². The van der Waals surface area contributed by atoms with Crippen LogP contribution in [0.15, 0.2) is 10.6 Å². The van der Waals surface area contributed by atoms with Gasteiger partial charge in [0.15, 0.2) is 0 Å². The highest BCUT2D eigenvalue weighted by molar-refractivity contribution is 6.06. The smallest absolute Gasteiger partial charge is 0.259 e. The maximum absolute atomic E-state index is 12.3. The molecule has 1 saturated carbocycles. The minimum Gasteiger partial charge on any atom is -0.352 e. The third kappa shape index (κ3) is 3.16. The number of pyridine rings is 1. The number of carbonyl (C=O) groups is 1. The maximum Gasteiger partial charge on any atom is 0.259 e. The predicted octanol–water partition coefficient (Wildman–Crippen LogP) is 1.91. The van der Waals surface area contributed by atoms with Crippen molar-refractivity contribution in [3.63, 3.8) is 0 Å². The Morgan fingerprint density at radius 2 is 2.29 bits per heavy atom. The fourth-order valence-corrected chi connectivity index (χ4v) is 2.28. The molecular weight excluding hydrogens is 292 g/mol. The van der Waals surface area contributed by atoms with Gasteiger partial charge >= 0.3 is 0 Å². The van der Waals surface area contributed by atoms with Gasteiger partial charge in [-0.3, -0.25) is 4.79 Å². The van der Waals surface area contributed by atoms with Gasteiger partial charge in [0.05, 0.1) is 16.6 Å². The first kappa shape index (κ1) is 15.7. The van der Waals surface area contributed by atoms with Crippen molar-refractivity contribution in [3.05, 3.63) is 23.0 Å². The van der Waals surface area contributed by atoms with Crippen molar-refractivity contribution in [2.45, 2.75) is 32.1 Å². The number of nitrogens with two attached hydrogens (primary N) is 1. The Kier molecular flexibility index (Phi) is 4.80. The molecular formula is C14H19ClN4O2. The Bertz CT molecular complexity index is 652. The number of hydrogen-bond donors (Lipinski definition) is 2. The van der Waals surface area contributed by atoms with Crippen molar-refractivity contribution >= 4 is 29.4 Å². The second kappa shape index (κ2) is 6.41. The van der Waals surface area contributed by atoms with Crippen LogP contribution in [0.2, 0.25) is 0 Å². The molecule has 3 rings (SSSR count). The van der Waals surface area contributed by atoms with Crippen molar-refractivity contribution < 1.29 is 9.32 Å². The number of carbonyl (C=O) groups excluding carboxylic acids is 1. The third-order valence-electron chi connectivity index (χ3n) is 3.54. The molecule has 0 spiro atoms. The summed E-state index contributed by atoms with van der Waals surface area (Å²) in [5.74, 6) is 0.347. The summed E-state index contributed by atoms with van der Waals surface area (Å²) in [6.45, 7) is 2.95. The van der Waals surface area contributed by atoms with E-state index in [9.17, 15) is 4.79 Å². The van der Waals surface area contributed by atoms with Gasteiger partial charge in [-0.05, 0) is 38.8 Å². The summed E-state index contributed by atoms with van der Waals surface area (Å²) in [5, 5.41) is 7.51. The van der Waals surface area contributed by atoms with Crippen molar-refractivity contribution in [1.82, 2.24) is 15.5 Å². The molecule has 2 aromatic heterocycles. The van der Waals surface area contributed by atoms with Crippen molar-refractivity contribution in [1.29, 1.82) is 0 Å². The zero-order valence-electron chi connectivity index (χ0n) is 11.9. The molecule has 1 amide bonds. The van der Waals surface area contributed by atoms with E-state index in [1.807, 2.05) is 13.0 Å². The van der Waals surface area contributed by atoms with E-state index in [1.54, 1.807) is 0 Å². The lowest BCUT2D eigenvalue weighted by Crippen LogP contribution is -2.26. The molecule has 0 unspecified atom stereocenters. The fourth-order valence-electron chi connectivity index (χ4n) is 2.28. The molecule has 2 heterocycles. The molecule has 114 valence electrons. The summed E-state index contributed by atoms with van der Waals surface area (Å²) in [4.78, 5) is 16.8. The summed E-state index contributed by atoms with van der Waals surface area (Å²) in [6, 6.07) is 1.88. The number of halogens is 1. The quantitative estimate of drug-likeness (QED) is 0.823. The summed E-state index contributed by atoms with van der Waals surface area (Å²) >= 11 is 0. The van der Waals surface area contributed by atoms with E-state index in [0.717, 1.165) is 25.0 Å². The van der Waals surface area contributed by atoms with Gasteiger partial charge in [-0.1, -0.05) is 5.16 Å². The number of amides is 1. The number of aryl methyl sites for hydroxylation is 1. The minimum atomic E-state index is -0.112. The molecule has 7 heteroatoms. The van der Waals surface area contributed by atoms with E-state index < -0.39 is 0 Å². The highest BCUT2D eigenvalue weighted by atomic mass is 35.5. The maximum atomic E-state index is 12.3. The van der Waals surface area contributed by atoms with Crippen LogP contribution in [-0.2, 0) is 0 Å². The topological polar surface area (TPSA) is 94.0 Å². The first-order chi connectivity index (χ1) is 9.70. The van der Waals surface area contributed by atoms with Crippen molar-refractivity contribution in [2.24, 2.45) is 5.73 Å². The number of hydrogen-bond acceptors (Lipinski definition) is 5. The average molecular weight is 311 g/mol. The largest absolute Gasteiger partial charge is 0.352 e. The zero-order chi connectivity index (χ0) is 14.1. The van der Waals surface area contributed by atoms with Crippen molar-refractivity contribution in [3.8, 4) is 0 Å². The second-order valence-electron chi connectivity index (χ2n) is 5.22. The molecule has 3 N–H and O–H groups in total. The monoisotopic (exact) mass is 310 g/mol. The number of nitrogens with zero attached hydrogens (tertiary/aromatic N) is 2. The molecule has 0 bridgehead atoms. The van der Waals surface area contributed by atoms with Gasteiger partial charge in [-0.2, -0.15) is 0 Å². The van der Waals surface area contributed by atoms with E-state index in [2.05, 4.69) is 15.5 Å². The molecule has 1 aliphatic rings. The van der Waals surface area contributed by atoms with E-state index in [-0.39, 0.29) is 18.3 Å². The van der Waals surface area contributed by atoms with Crippen LogP contribution in [0.1, 0.15) is 46.9 Å². The molecule has 1 aliphatic carbocycles. The predicted molar refractivity (Wildman–Crippen MR) is 81.8 cm³/mol. The van der Waals surface area contributed by atoms with Gasteiger partial charge in [0, 0.05) is 18.2 Å². The number of fused-ring (bicyclic) bond motifs is 1. The van der Waals surface area contributed by atoms with Gasteiger partial charge < -0.3 is 15.6 Å². The van der Waals surface area contributed by atoms with Crippen LogP contribution in [0, 0.1) is 6.92 Å². The van der Waals surface area contributed by atoms with Crippen LogP contribution in [0.4, 0.5) is 0 Å². The van der Waals surface area contributed by atoms with Crippen LogP contribution in [0.3, 0.4) is 0 Å². The van der Waals surface area contributed by atoms with Gasteiger partial charge in [-0.25, -0.2) is 4.98 Å². The summed E-state index contributed by atoms with van der Waals surface area (Å²) in [5.41, 5.74) is 8.12. The summed E-state index contributed by atoms with van der Waals surface area (Å²) in [6.07, 6.45) is 3.01. The van der Waals surface area contributed by atoms with Gasteiger partial charge in [-0.15, -0.1) is 12.4 Å². The Morgan fingerprint density at radius 1 is 1.52 bits per heavy atom. The molecule has 0 aromatic carbocycles. The molecule has 0 saturated heterocycles. The Labute approximate surface area is 128 Å². The molecule has 21 heavy (non-hydrogen) atoms. The molecule has 0 aliphatic heterocycles. The lowest BCUT2D eigenvalue weighted by atomic mass is 10.1. The third-order valence-corrected chi connectivity index (χ3v) is 3.54. The van der Waals surface area contributed by atoms with E-state index >= 15 is 0 Å². The molecule has 1 fully saturated rings. The normalized spacial score (nSPS) is 14.0. The minimum absolute atomic E-state index is 0. The summed E-state index contributed by atoms with van der Waals surface area (Å²) in [7, 11) is 0. The van der Waals surface area contributed by atoms with Gasteiger partial charge in [0.2, 0.25) is 0 Å². The highest BCUT2D eigenvalue weighted by Gasteiger charge is 2.28. The molecule has 0 atom stereocenters. The first-order valence-electron chi connectivity index (χ1n) is 6.96.